The number of likely N-dealkylation sites (N-methyl/N-ethyl adjacent to an activating group) is 1. The van der Waals surface area contributed by atoms with Crippen LogP contribution in [0.15, 0.2) is 12.2 Å². The SMILES string of the molecule is C=C(C)COC(CC)C[N+](CC)(CC)CC. The van der Waals surface area contributed by atoms with Gasteiger partial charge in [-0.1, -0.05) is 19.1 Å². The molecule has 0 aromatic rings. The van der Waals surface area contributed by atoms with Crippen LogP contribution >= 0.6 is 0 Å². The van der Waals surface area contributed by atoms with Gasteiger partial charge in [0.1, 0.15) is 12.6 Å². The highest BCUT2D eigenvalue weighted by atomic mass is 16.5. The number of nitrogens with zero attached hydrogens (tertiary/aromatic N) is 1. The van der Waals surface area contributed by atoms with Gasteiger partial charge in [-0.05, 0) is 34.1 Å². The first-order valence-electron chi connectivity index (χ1n) is 6.64. The van der Waals surface area contributed by atoms with Crippen LogP contribution in [0.4, 0.5) is 0 Å². The maximum atomic E-state index is 5.90. The Hall–Kier alpha value is -0.340. The molecule has 0 aliphatic rings. The van der Waals surface area contributed by atoms with Crippen LogP contribution in [0, 0.1) is 0 Å². The Morgan fingerprint density at radius 3 is 1.94 bits per heavy atom. The summed E-state index contributed by atoms with van der Waals surface area (Å²) in [5.74, 6) is 0. The molecule has 16 heavy (non-hydrogen) atoms. The van der Waals surface area contributed by atoms with Gasteiger partial charge in [0.25, 0.3) is 0 Å². The first-order chi connectivity index (χ1) is 7.53. The third kappa shape index (κ3) is 5.13. The molecule has 0 saturated heterocycles. The van der Waals surface area contributed by atoms with Crippen LogP contribution < -0.4 is 0 Å². The van der Waals surface area contributed by atoms with E-state index < -0.39 is 0 Å². The normalized spacial score (nSPS) is 13.8. The first-order valence-corrected chi connectivity index (χ1v) is 6.64. The molecule has 0 spiro atoms. The van der Waals surface area contributed by atoms with Gasteiger partial charge in [-0.15, -0.1) is 0 Å². The van der Waals surface area contributed by atoms with Crippen molar-refractivity contribution < 1.29 is 9.22 Å². The minimum Gasteiger partial charge on any atom is -0.368 e. The van der Waals surface area contributed by atoms with E-state index >= 15 is 0 Å². The summed E-state index contributed by atoms with van der Waals surface area (Å²) in [6, 6.07) is 0. The molecule has 0 aromatic carbocycles. The van der Waals surface area contributed by atoms with Gasteiger partial charge in [0, 0.05) is 0 Å². The molecule has 0 bridgehead atoms. The van der Waals surface area contributed by atoms with Gasteiger partial charge in [-0.25, -0.2) is 0 Å². The zero-order valence-electron chi connectivity index (χ0n) is 11.9. The Labute approximate surface area is 102 Å². The lowest BCUT2D eigenvalue weighted by atomic mass is 10.2. The maximum Gasteiger partial charge on any atom is 0.107 e. The highest BCUT2D eigenvalue weighted by Gasteiger charge is 2.25. The average molecular weight is 228 g/mol. The number of quaternary nitrogens is 1. The van der Waals surface area contributed by atoms with Crippen LogP contribution in [-0.2, 0) is 4.74 Å². The minimum atomic E-state index is 0.372. The molecule has 0 fully saturated rings. The van der Waals surface area contributed by atoms with Gasteiger partial charge < -0.3 is 9.22 Å². The van der Waals surface area contributed by atoms with Gasteiger partial charge >= 0.3 is 0 Å². The molecule has 0 aliphatic heterocycles. The summed E-state index contributed by atoms with van der Waals surface area (Å²) in [6.45, 7) is 20.4. The predicted octanol–water partition coefficient (Wildman–Crippen LogP) is 3.23. The lowest BCUT2D eigenvalue weighted by Gasteiger charge is -2.38. The number of ether oxygens (including phenoxy) is 1. The van der Waals surface area contributed by atoms with E-state index in [1.165, 1.54) is 19.6 Å². The van der Waals surface area contributed by atoms with E-state index in [0.29, 0.717) is 12.7 Å². The van der Waals surface area contributed by atoms with Crippen molar-refractivity contribution in [3.05, 3.63) is 12.2 Å². The van der Waals surface area contributed by atoms with Gasteiger partial charge in [-0.2, -0.15) is 0 Å². The van der Waals surface area contributed by atoms with Gasteiger partial charge in [0.15, 0.2) is 0 Å². The largest absolute Gasteiger partial charge is 0.368 e. The van der Waals surface area contributed by atoms with Crippen molar-refractivity contribution in [2.75, 3.05) is 32.8 Å². The molecule has 0 radical (unpaired) electrons. The van der Waals surface area contributed by atoms with E-state index in [4.69, 9.17) is 4.74 Å². The summed E-state index contributed by atoms with van der Waals surface area (Å²) in [4.78, 5) is 0. The van der Waals surface area contributed by atoms with Crippen molar-refractivity contribution in [1.82, 2.24) is 0 Å². The Kier molecular flexibility index (Phi) is 7.69. The Balaban J connectivity index is 4.31. The average Bonchev–Trinajstić information content (AvgIpc) is 2.30. The summed E-state index contributed by atoms with van der Waals surface area (Å²) >= 11 is 0. The molecule has 0 saturated carbocycles. The highest BCUT2D eigenvalue weighted by Crippen LogP contribution is 2.12. The Bertz CT molecular complexity index is 189. The number of hydrogen-bond acceptors (Lipinski definition) is 1. The molecular weight excluding hydrogens is 198 g/mol. The van der Waals surface area contributed by atoms with E-state index in [2.05, 4.69) is 34.3 Å². The smallest absolute Gasteiger partial charge is 0.107 e. The van der Waals surface area contributed by atoms with Gasteiger partial charge in [0.05, 0.1) is 26.2 Å². The van der Waals surface area contributed by atoms with E-state index in [1.807, 2.05) is 6.92 Å². The Morgan fingerprint density at radius 1 is 1.12 bits per heavy atom. The molecule has 0 rings (SSSR count). The summed E-state index contributed by atoms with van der Waals surface area (Å²) < 4.78 is 7.06. The van der Waals surface area contributed by atoms with Crippen molar-refractivity contribution in [2.45, 2.75) is 47.1 Å². The summed E-state index contributed by atoms with van der Waals surface area (Å²) in [5.41, 5.74) is 1.11. The molecule has 1 unspecified atom stereocenters. The van der Waals surface area contributed by atoms with Crippen LogP contribution in [0.1, 0.15) is 41.0 Å². The maximum absolute atomic E-state index is 5.90. The summed E-state index contributed by atoms with van der Waals surface area (Å²) in [7, 11) is 0. The van der Waals surface area contributed by atoms with Crippen LogP contribution in [-0.4, -0.2) is 43.4 Å². The van der Waals surface area contributed by atoms with Crippen LogP contribution in [0.2, 0.25) is 0 Å². The first kappa shape index (κ1) is 15.7. The van der Waals surface area contributed by atoms with E-state index in [-0.39, 0.29) is 0 Å². The minimum absolute atomic E-state index is 0.372. The topological polar surface area (TPSA) is 9.23 Å². The fourth-order valence-corrected chi connectivity index (χ4v) is 2.05. The zero-order chi connectivity index (χ0) is 12.6. The predicted molar refractivity (Wildman–Crippen MR) is 71.6 cm³/mol. The monoisotopic (exact) mass is 228 g/mol. The van der Waals surface area contributed by atoms with Crippen molar-refractivity contribution >= 4 is 0 Å². The molecule has 2 heteroatoms. The van der Waals surface area contributed by atoms with Crippen LogP contribution in [0.5, 0.6) is 0 Å². The second kappa shape index (κ2) is 7.86. The molecule has 0 aliphatic carbocycles. The molecule has 0 N–H and O–H groups in total. The third-order valence-corrected chi connectivity index (χ3v) is 3.62. The molecular formula is C14H30NO+. The molecule has 0 heterocycles. The van der Waals surface area contributed by atoms with Crippen molar-refractivity contribution in [1.29, 1.82) is 0 Å². The van der Waals surface area contributed by atoms with E-state index in [0.717, 1.165) is 23.0 Å². The number of rotatable bonds is 9. The summed E-state index contributed by atoms with van der Waals surface area (Å²) in [5, 5.41) is 0. The van der Waals surface area contributed by atoms with Crippen molar-refractivity contribution in [3.63, 3.8) is 0 Å². The molecule has 0 amide bonds. The molecule has 0 aromatic heterocycles. The quantitative estimate of drug-likeness (QED) is 0.435. The second-order valence-electron chi connectivity index (χ2n) is 4.77. The highest BCUT2D eigenvalue weighted by molar-refractivity contribution is 4.87. The fraction of sp³-hybridized carbons (Fsp3) is 0.857. The van der Waals surface area contributed by atoms with E-state index in [1.54, 1.807) is 0 Å². The lowest BCUT2D eigenvalue weighted by Crippen LogP contribution is -2.52. The molecule has 2 nitrogen and oxygen atoms in total. The van der Waals surface area contributed by atoms with Crippen molar-refractivity contribution in [3.8, 4) is 0 Å². The fourth-order valence-electron chi connectivity index (χ4n) is 2.05. The van der Waals surface area contributed by atoms with Crippen LogP contribution in [0.3, 0.4) is 0 Å². The Morgan fingerprint density at radius 2 is 1.62 bits per heavy atom. The van der Waals surface area contributed by atoms with E-state index in [9.17, 15) is 0 Å². The third-order valence-electron chi connectivity index (χ3n) is 3.62. The van der Waals surface area contributed by atoms with Gasteiger partial charge in [0.2, 0.25) is 0 Å². The lowest BCUT2D eigenvalue weighted by molar-refractivity contribution is -0.926. The zero-order valence-corrected chi connectivity index (χ0v) is 11.9. The van der Waals surface area contributed by atoms with Gasteiger partial charge in [-0.3, -0.25) is 0 Å². The second-order valence-corrected chi connectivity index (χ2v) is 4.77. The molecule has 1 atom stereocenters. The molecule has 96 valence electrons. The number of hydrogen-bond donors (Lipinski definition) is 0. The van der Waals surface area contributed by atoms with Crippen LogP contribution in [0.25, 0.3) is 0 Å². The van der Waals surface area contributed by atoms with Crippen molar-refractivity contribution in [2.24, 2.45) is 0 Å². The summed E-state index contributed by atoms with van der Waals surface area (Å²) in [6.07, 6.45) is 1.46. The standard InChI is InChI=1S/C14H30NO/c1-7-14(16-12-13(5)6)11-15(8-2,9-3)10-4/h14H,5,7-12H2,1-4,6H3/q+1.